The predicted molar refractivity (Wildman–Crippen MR) is 65.5 cm³/mol. The molecule has 90 valence electrons. The Balaban J connectivity index is 1.93. The molecule has 0 saturated heterocycles. The maximum atomic E-state index is 5.65. The van der Waals surface area contributed by atoms with Crippen LogP contribution in [-0.4, -0.2) is 12.6 Å². The first-order chi connectivity index (χ1) is 7.90. The maximum absolute atomic E-state index is 5.65. The van der Waals surface area contributed by atoms with Crippen molar-refractivity contribution >= 4 is 0 Å². The first kappa shape index (κ1) is 11.7. The Morgan fingerprint density at radius 3 is 2.88 bits per heavy atom. The monoisotopic (exact) mass is 222 g/mol. The molecule has 0 aromatic carbocycles. The van der Waals surface area contributed by atoms with E-state index in [0.717, 1.165) is 25.9 Å². The topological polar surface area (TPSA) is 47.3 Å². The van der Waals surface area contributed by atoms with Gasteiger partial charge in [0.05, 0.1) is 12.9 Å². The molecule has 3 heteroatoms. The van der Waals surface area contributed by atoms with Gasteiger partial charge in [-0.25, -0.2) is 0 Å². The number of nitrogens with two attached hydrogens (primary N) is 1. The van der Waals surface area contributed by atoms with Crippen molar-refractivity contribution in [1.82, 2.24) is 5.43 Å². The lowest BCUT2D eigenvalue weighted by atomic mass is 9.90. The molecule has 0 bridgehead atoms. The molecule has 0 saturated carbocycles. The summed E-state index contributed by atoms with van der Waals surface area (Å²) in [5.41, 5.74) is 5.81. The van der Waals surface area contributed by atoms with E-state index < -0.39 is 0 Å². The minimum absolute atomic E-state index is 0.268. The molecule has 0 aromatic heterocycles. The largest absolute Gasteiger partial charge is 0.501 e. The summed E-state index contributed by atoms with van der Waals surface area (Å²) in [5, 5.41) is 0. The van der Waals surface area contributed by atoms with E-state index in [2.05, 4.69) is 11.5 Å². The standard InChI is InChI=1S/C13H22N2O/c14-15-13(12-7-4-8-16-10-12)9-11-5-2-1-3-6-11/h5,10,13,15H,1-4,6-9,14H2. The van der Waals surface area contributed by atoms with Crippen LogP contribution in [0.25, 0.3) is 0 Å². The summed E-state index contributed by atoms with van der Waals surface area (Å²) in [7, 11) is 0. The average Bonchev–Trinajstić information content (AvgIpc) is 2.38. The smallest absolute Gasteiger partial charge is 0.0876 e. The van der Waals surface area contributed by atoms with Crippen molar-refractivity contribution in [3.8, 4) is 0 Å². The van der Waals surface area contributed by atoms with E-state index in [1.54, 1.807) is 5.57 Å². The third kappa shape index (κ3) is 3.09. The summed E-state index contributed by atoms with van der Waals surface area (Å²) >= 11 is 0. The number of rotatable bonds is 4. The van der Waals surface area contributed by atoms with Gasteiger partial charge in [0, 0.05) is 6.04 Å². The molecule has 0 fully saturated rings. The Bertz CT molecular complexity index is 284. The zero-order valence-electron chi connectivity index (χ0n) is 9.87. The van der Waals surface area contributed by atoms with Gasteiger partial charge in [0.15, 0.2) is 0 Å². The number of hydrazine groups is 1. The molecule has 1 aliphatic heterocycles. The first-order valence-electron chi connectivity index (χ1n) is 6.34. The molecule has 1 aliphatic carbocycles. The molecule has 1 heterocycles. The highest BCUT2D eigenvalue weighted by Crippen LogP contribution is 2.25. The molecule has 16 heavy (non-hydrogen) atoms. The lowest BCUT2D eigenvalue weighted by Gasteiger charge is -2.24. The Morgan fingerprint density at radius 1 is 1.31 bits per heavy atom. The van der Waals surface area contributed by atoms with Crippen molar-refractivity contribution in [3.63, 3.8) is 0 Å². The van der Waals surface area contributed by atoms with Gasteiger partial charge in [-0.1, -0.05) is 11.6 Å². The molecule has 0 amide bonds. The van der Waals surface area contributed by atoms with Crippen LogP contribution in [0.15, 0.2) is 23.5 Å². The van der Waals surface area contributed by atoms with Gasteiger partial charge in [0.1, 0.15) is 0 Å². The van der Waals surface area contributed by atoms with Crippen LogP contribution in [-0.2, 0) is 4.74 Å². The van der Waals surface area contributed by atoms with Crippen LogP contribution < -0.4 is 11.3 Å². The van der Waals surface area contributed by atoms with Gasteiger partial charge in [0.25, 0.3) is 0 Å². The van der Waals surface area contributed by atoms with E-state index in [1.165, 1.54) is 31.3 Å². The van der Waals surface area contributed by atoms with Gasteiger partial charge in [-0.15, -0.1) is 0 Å². The van der Waals surface area contributed by atoms with E-state index in [-0.39, 0.29) is 6.04 Å². The highest BCUT2D eigenvalue weighted by Gasteiger charge is 2.17. The summed E-state index contributed by atoms with van der Waals surface area (Å²) in [6, 6.07) is 0.268. The quantitative estimate of drug-likeness (QED) is 0.436. The third-order valence-corrected chi connectivity index (χ3v) is 3.46. The van der Waals surface area contributed by atoms with Crippen LogP contribution in [0.2, 0.25) is 0 Å². The molecule has 1 atom stereocenters. The lowest BCUT2D eigenvalue weighted by Crippen LogP contribution is -2.37. The summed E-state index contributed by atoms with van der Waals surface area (Å²) in [5.74, 6) is 5.65. The van der Waals surface area contributed by atoms with Gasteiger partial charge >= 0.3 is 0 Å². The van der Waals surface area contributed by atoms with Crippen molar-refractivity contribution < 1.29 is 4.74 Å². The van der Waals surface area contributed by atoms with Crippen molar-refractivity contribution in [2.24, 2.45) is 5.84 Å². The second-order valence-electron chi connectivity index (χ2n) is 4.70. The fraction of sp³-hybridized carbons (Fsp3) is 0.692. The Kier molecular flexibility index (Phi) is 4.43. The Hall–Kier alpha value is -0.800. The van der Waals surface area contributed by atoms with Crippen LogP contribution >= 0.6 is 0 Å². The van der Waals surface area contributed by atoms with Gasteiger partial charge in [0.2, 0.25) is 0 Å². The third-order valence-electron chi connectivity index (χ3n) is 3.46. The number of hydrogen-bond acceptors (Lipinski definition) is 3. The number of allylic oxidation sites excluding steroid dienone is 1. The van der Waals surface area contributed by atoms with E-state index in [1.807, 2.05) is 6.26 Å². The van der Waals surface area contributed by atoms with Crippen LogP contribution in [0.5, 0.6) is 0 Å². The maximum Gasteiger partial charge on any atom is 0.0876 e. The highest BCUT2D eigenvalue weighted by atomic mass is 16.5. The number of nitrogens with one attached hydrogen (secondary N) is 1. The van der Waals surface area contributed by atoms with E-state index >= 15 is 0 Å². The first-order valence-corrected chi connectivity index (χ1v) is 6.34. The van der Waals surface area contributed by atoms with Crippen LogP contribution in [0.4, 0.5) is 0 Å². The van der Waals surface area contributed by atoms with Gasteiger partial charge < -0.3 is 4.74 Å². The SMILES string of the molecule is NNC(CC1=CCCCC1)C1=COCCC1. The van der Waals surface area contributed by atoms with Crippen LogP contribution in [0.3, 0.4) is 0 Å². The fourth-order valence-corrected chi connectivity index (χ4v) is 2.49. The molecule has 3 nitrogen and oxygen atoms in total. The highest BCUT2D eigenvalue weighted by molar-refractivity contribution is 5.16. The summed E-state index contributed by atoms with van der Waals surface area (Å²) in [6.45, 7) is 0.851. The second-order valence-corrected chi connectivity index (χ2v) is 4.70. The molecular weight excluding hydrogens is 200 g/mol. The zero-order chi connectivity index (χ0) is 11.2. The number of hydrogen-bond donors (Lipinski definition) is 2. The lowest BCUT2D eigenvalue weighted by molar-refractivity contribution is 0.219. The van der Waals surface area contributed by atoms with Gasteiger partial charge in [-0.2, -0.15) is 0 Å². The van der Waals surface area contributed by atoms with Crippen LogP contribution in [0.1, 0.15) is 44.9 Å². The van der Waals surface area contributed by atoms with Gasteiger partial charge in [-0.3, -0.25) is 11.3 Å². The molecule has 0 spiro atoms. The van der Waals surface area contributed by atoms with E-state index in [9.17, 15) is 0 Å². The summed E-state index contributed by atoms with van der Waals surface area (Å²) in [6.07, 6.45) is 12.7. The molecule has 0 aromatic rings. The fourth-order valence-electron chi connectivity index (χ4n) is 2.49. The molecule has 0 radical (unpaired) electrons. The normalized spacial score (nSPS) is 23.1. The molecular formula is C13H22N2O. The second kappa shape index (κ2) is 6.06. The van der Waals surface area contributed by atoms with Gasteiger partial charge in [-0.05, 0) is 50.5 Å². The molecule has 3 N–H and O–H groups in total. The summed E-state index contributed by atoms with van der Waals surface area (Å²) < 4.78 is 5.38. The van der Waals surface area contributed by atoms with Crippen molar-refractivity contribution in [1.29, 1.82) is 0 Å². The number of ether oxygens (including phenoxy) is 1. The summed E-state index contributed by atoms with van der Waals surface area (Å²) in [4.78, 5) is 0. The predicted octanol–water partition coefficient (Wildman–Crippen LogP) is 2.40. The molecule has 2 aliphatic rings. The Morgan fingerprint density at radius 2 is 2.25 bits per heavy atom. The zero-order valence-corrected chi connectivity index (χ0v) is 9.87. The van der Waals surface area contributed by atoms with Crippen LogP contribution in [0, 0.1) is 0 Å². The molecule has 2 rings (SSSR count). The minimum Gasteiger partial charge on any atom is -0.501 e. The Labute approximate surface area is 97.7 Å². The van der Waals surface area contributed by atoms with E-state index in [0.29, 0.717) is 0 Å². The van der Waals surface area contributed by atoms with E-state index in [4.69, 9.17) is 10.6 Å². The average molecular weight is 222 g/mol. The van der Waals surface area contributed by atoms with Crippen molar-refractivity contribution in [2.75, 3.05) is 6.61 Å². The van der Waals surface area contributed by atoms with Crippen molar-refractivity contribution in [3.05, 3.63) is 23.5 Å². The van der Waals surface area contributed by atoms with Crippen molar-refractivity contribution in [2.45, 2.75) is 51.0 Å². The minimum atomic E-state index is 0.268. The molecule has 1 unspecified atom stereocenters.